The SMILES string of the molecule is CCCN1C(=O)C(=c2sc3n(c2=O)[C@H](c2ccc(OC)c(OC)c2)C(C(=O)OCC)=C(C)N=3)c2ccccc21. The first kappa shape index (κ1) is 26.4. The molecule has 3 aromatic rings. The van der Waals surface area contributed by atoms with Gasteiger partial charge in [0.1, 0.15) is 4.53 Å². The molecule has 0 unspecified atom stereocenters. The Labute approximate surface area is 229 Å². The minimum Gasteiger partial charge on any atom is -0.493 e. The van der Waals surface area contributed by atoms with Crippen LogP contribution >= 0.6 is 11.3 Å². The molecular formula is C29H29N3O6S. The number of thiazole rings is 1. The molecule has 1 amide bonds. The monoisotopic (exact) mass is 547 g/mol. The van der Waals surface area contributed by atoms with Crippen LogP contribution < -0.4 is 29.3 Å². The van der Waals surface area contributed by atoms with Crippen LogP contribution in [0.1, 0.15) is 44.4 Å². The minimum atomic E-state index is -0.840. The third kappa shape index (κ3) is 4.24. The number of aromatic nitrogens is 1. The molecule has 0 aliphatic carbocycles. The average Bonchev–Trinajstić information content (AvgIpc) is 3.40. The maximum absolute atomic E-state index is 14.2. The fourth-order valence-corrected chi connectivity index (χ4v) is 6.26. The van der Waals surface area contributed by atoms with E-state index < -0.39 is 17.6 Å². The lowest BCUT2D eigenvalue weighted by Crippen LogP contribution is -2.41. The van der Waals surface area contributed by atoms with Crippen molar-refractivity contribution in [3.05, 3.63) is 84.5 Å². The number of ether oxygens (including phenoxy) is 3. The van der Waals surface area contributed by atoms with Crippen LogP contribution in [0.5, 0.6) is 11.5 Å². The molecule has 0 radical (unpaired) electrons. The number of esters is 1. The van der Waals surface area contributed by atoms with Crippen LogP contribution in [0.25, 0.3) is 5.57 Å². The molecule has 39 heavy (non-hydrogen) atoms. The minimum absolute atomic E-state index is 0.168. The van der Waals surface area contributed by atoms with E-state index in [0.717, 1.165) is 23.4 Å². The Bertz CT molecular complexity index is 1700. The number of anilines is 1. The van der Waals surface area contributed by atoms with E-state index in [0.29, 0.717) is 45.2 Å². The smallest absolute Gasteiger partial charge is 0.338 e. The predicted molar refractivity (Wildman–Crippen MR) is 148 cm³/mol. The van der Waals surface area contributed by atoms with Gasteiger partial charge in [-0.1, -0.05) is 42.5 Å². The molecule has 10 heteroatoms. The zero-order chi connectivity index (χ0) is 27.8. The molecule has 2 aromatic carbocycles. The Morgan fingerprint density at radius 3 is 2.49 bits per heavy atom. The lowest BCUT2D eigenvalue weighted by Gasteiger charge is -2.25. The third-order valence-corrected chi connectivity index (χ3v) is 7.87. The van der Waals surface area contributed by atoms with Gasteiger partial charge in [-0.25, -0.2) is 9.79 Å². The molecule has 202 valence electrons. The number of amides is 1. The average molecular weight is 548 g/mol. The lowest BCUT2D eigenvalue weighted by atomic mass is 9.95. The summed E-state index contributed by atoms with van der Waals surface area (Å²) in [5.74, 6) is 0.187. The van der Waals surface area contributed by atoms with Crippen molar-refractivity contribution in [1.29, 1.82) is 0 Å². The van der Waals surface area contributed by atoms with E-state index in [4.69, 9.17) is 14.2 Å². The number of benzene rings is 2. The van der Waals surface area contributed by atoms with E-state index >= 15 is 0 Å². The Balaban J connectivity index is 1.81. The van der Waals surface area contributed by atoms with E-state index in [1.807, 2.05) is 31.2 Å². The van der Waals surface area contributed by atoms with Gasteiger partial charge in [-0.05, 0) is 44.0 Å². The summed E-state index contributed by atoms with van der Waals surface area (Å²) >= 11 is 1.15. The Kier molecular flexibility index (Phi) is 7.14. The van der Waals surface area contributed by atoms with E-state index in [1.165, 1.54) is 18.8 Å². The van der Waals surface area contributed by atoms with Crippen molar-refractivity contribution >= 4 is 34.5 Å². The van der Waals surface area contributed by atoms with Gasteiger partial charge >= 0.3 is 5.97 Å². The normalized spacial score (nSPS) is 17.5. The molecule has 9 nitrogen and oxygen atoms in total. The van der Waals surface area contributed by atoms with Crippen molar-refractivity contribution in [1.82, 2.24) is 4.57 Å². The van der Waals surface area contributed by atoms with Crippen molar-refractivity contribution in [3.63, 3.8) is 0 Å². The van der Waals surface area contributed by atoms with Crippen LogP contribution in [0.3, 0.4) is 0 Å². The highest BCUT2D eigenvalue weighted by molar-refractivity contribution is 7.07. The number of methoxy groups -OCH3 is 2. The first-order chi connectivity index (χ1) is 18.9. The zero-order valence-electron chi connectivity index (χ0n) is 22.4. The van der Waals surface area contributed by atoms with Crippen molar-refractivity contribution in [2.24, 2.45) is 4.99 Å². The second-order valence-electron chi connectivity index (χ2n) is 9.09. The van der Waals surface area contributed by atoms with Gasteiger partial charge in [0.2, 0.25) is 0 Å². The van der Waals surface area contributed by atoms with E-state index in [1.54, 1.807) is 36.9 Å². The van der Waals surface area contributed by atoms with Crippen molar-refractivity contribution in [2.75, 3.05) is 32.3 Å². The Hall–Kier alpha value is -4.18. The molecule has 0 saturated carbocycles. The summed E-state index contributed by atoms with van der Waals surface area (Å²) in [7, 11) is 3.06. The fourth-order valence-electron chi connectivity index (χ4n) is 5.13. The zero-order valence-corrected chi connectivity index (χ0v) is 23.3. The van der Waals surface area contributed by atoms with Crippen molar-refractivity contribution in [3.8, 4) is 11.5 Å². The van der Waals surface area contributed by atoms with Gasteiger partial charge < -0.3 is 19.1 Å². The Morgan fingerprint density at radius 2 is 1.79 bits per heavy atom. The van der Waals surface area contributed by atoms with Crippen LogP contribution in [0.4, 0.5) is 5.69 Å². The number of fused-ring (bicyclic) bond motifs is 2. The van der Waals surface area contributed by atoms with Gasteiger partial charge in [0.05, 0.1) is 49.4 Å². The first-order valence-corrected chi connectivity index (χ1v) is 13.5. The number of para-hydroxylation sites is 1. The highest BCUT2D eigenvalue weighted by Crippen LogP contribution is 2.37. The van der Waals surface area contributed by atoms with E-state index in [2.05, 4.69) is 4.99 Å². The summed E-state index contributed by atoms with van der Waals surface area (Å²) in [5.41, 5.74) is 2.76. The van der Waals surface area contributed by atoms with Gasteiger partial charge in [-0.3, -0.25) is 14.2 Å². The van der Waals surface area contributed by atoms with Gasteiger partial charge in [-0.15, -0.1) is 0 Å². The summed E-state index contributed by atoms with van der Waals surface area (Å²) in [6.45, 7) is 6.16. The molecule has 2 aliphatic rings. The molecule has 0 N–H and O–H groups in total. The quantitative estimate of drug-likeness (QED) is 0.422. The maximum Gasteiger partial charge on any atom is 0.338 e. The summed E-state index contributed by atoms with van der Waals surface area (Å²) in [6.07, 6.45) is 0.774. The lowest BCUT2D eigenvalue weighted by molar-refractivity contribution is -0.139. The van der Waals surface area contributed by atoms with Crippen LogP contribution in [0.15, 0.2) is 63.5 Å². The maximum atomic E-state index is 14.2. The van der Waals surface area contributed by atoms with Crippen molar-refractivity contribution in [2.45, 2.75) is 33.2 Å². The highest BCUT2D eigenvalue weighted by atomic mass is 32.1. The molecular weight excluding hydrogens is 518 g/mol. The van der Waals surface area contributed by atoms with E-state index in [-0.39, 0.29) is 22.6 Å². The number of allylic oxidation sites excluding steroid dienone is 1. The van der Waals surface area contributed by atoms with Crippen LogP contribution in [0, 0.1) is 0 Å². The van der Waals surface area contributed by atoms with Gasteiger partial charge in [-0.2, -0.15) is 0 Å². The number of carbonyl (C=O) groups excluding carboxylic acids is 2. The predicted octanol–water partition coefficient (Wildman–Crippen LogP) is 2.94. The largest absolute Gasteiger partial charge is 0.493 e. The van der Waals surface area contributed by atoms with Gasteiger partial charge in [0, 0.05) is 12.1 Å². The summed E-state index contributed by atoms with van der Waals surface area (Å²) in [6, 6.07) is 11.9. The number of hydrogen-bond acceptors (Lipinski definition) is 8. The number of hydrogen-bond donors (Lipinski definition) is 0. The first-order valence-electron chi connectivity index (χ1n) is 12.7. The van der Waals surface area contributed by atoms with Crippen LogP contribution in [0.2, 0.25) is 0 Å². The van der Waals surface area contributed by atoms with E-state index in [9.17, 15) is 14.4 Å². The van der Waals surface area contributed by atoms with Gasteiger partial charge in [0.15, 0.2) is 16.3 Å². The molecule has 1 aromatic heterocycles. The second-order valence-corrected chi connectivity index (χ2v) is 10.1. The molecule has 0 fully saturated rings. The van der Waals surface area contributed by atoms with Crippen LogP contribution in [-0.4, -0.2) is 43.8 Å². The molecule has 1 atom stereocenters. The number of carbonyl (C=O) groups is 2. The molecule has 0 bridgehead atoms. The molecule has 0 saturated heterocycles. The van der Waals surface area contributed by atoms with Crippen LogP contribution in [-0.2, 0) is 14.3 Å². The summed E-state index contributed by atoms with van der Waals surface area (Å²) < 4.78 is 18.0. The standard InChI is InChI=1S/C29H29N3O6S/c1-6-14-31-19-11-9-8-10-18(19)23(26(31)33)25-27(34)32-24(17-12-13-20(36-4)21(15-17)37-5)22(28(35)38-7-2)16(3)30-29(32)39-25/h8-13,15,24H,6-7,14H2,1-5H3/t24-/m1/s1. The number of rotatable bonds is 7. The fraction of sp³-hybridized carbons (Fsp3) is 0.310. The molecule has 3 heterocycles. The summed E-state index contributed by atoms with van der Waals surface area (Å²) in [5, 5.41) is 0. The second kappa shape index (κ2) is 10.5. The molecule has 5 rings (SSSR count). The molecule has 0 spiro atoms. The van der Waals surface area contributed by atoms with Gasteiger partial charge in [0.25, 0.3) is 11.5 Å². The van der Waals surface area contributed by atoms with Crippen molar-refractivity contribution < 1.29 is 23.8 Å². The number of nitrogens with zero attached hydrogens (tertiary/aromatic N) is 3. The Morgan fingerprint density at radius 1 is 1.05 bits per heavy atom. The third-order valence-electron chi connectivity index (χ3n) is 6.81. The summed E-state index contributed by atoms with van der Waals surface area (Å²) in [4.78, 5) is 47.8. The highest BCUT2D eigenvalue weighted by Gasteiger charge is 2.37. The molecule has 2 aliphatic heterocycles. The topological polar surface area (TPSA) is 99.4 Å².